The van der Waals surface area contributed by atoms with Gasteiger partial charge in [-0.15, -0.1) is 12.6 Å². The zero-order valence-corrected chi connectivity index (χ0v) is 16.7. The standard InChI is InChI=1S/C12H11N3O.C10H11NOS/c13-9-5-2-1-4-8(9)12-15-11-10(16-12)6-3-7-14-11;12-10-2-1-7-11(10)8-3-5-9(13)6-4-8/h1-7,12H,13H2,(H,14,15);3-6,13H,1-2,7H2. The highest BCUT2D eigenvalue weighted by Gasteiger charge is 2.25. The van der Waals surface area contributed by atoms with Crippen LogP contribution in [0.15, 0.2) is 71.8 Å². The molecule has 7 heteroatoms. The second-order valence-corrected chi connectivity index (χ2v) is 7.30. The van der Waals surface area contributed by atoms with E-state index in [-0.39, 0.29) is 12.1 Å². The molecule has 5 rings (SSSR count). The number of hydrogen-bond acceptors (Lipinski definition) is 6. The van der Waals surface area contributed by atoms with E-state index in [1.807, 2.05) is 65.6 Å². The summed E-state index contributed by atoms with van der Waals surface area (Å²) in [5.74, 6) is 1.75. The first-order valence-electron chi connectivity index (χ1n) is 9.44. The minimum absolute atomic E-state index is 0.229. The topological polar surface area (TPSA) is 80.5 Å². The number of carbonyl (C=O) groups excluding carboxylic acids is 1. The minimum Gasteiger partial charge on any atom is -0.462 e. The summed E-state index contributed by atoms with van der Waals surface area (Å²) in [7, 11) is 0. The summed E-state index contributed by atoms with van der Waals surface area (Å²) < 4.78 is 5.72. The lowest BCUT2D eigenvalue weighted by Crippen LogP contribution is -2.23. The van der Waals surface area contributed by atoms with E-state index in [4.69, 9.17) is 10.5 Å². The number of fused-ring (bicyclic) bond motifs is 1. The molecule has 0 bridgehead atoms. The second-order valence-electron chi connectivity index (χ2n) is 6.79. The number of nitrogens with zero attached hydrogens (tertiary/aromatic N) is 2. The van der Waals surface area contributed by atoms with Crippen molar-refractivity contribution in [3.63, 3.8) is 0 Å². The van der Waals surface area contributed by atoms with Gasteiger partial charge >= 0.3 is 0 Å². The normalized spacial score (nSPS) is 17.1. The number of pyridine rings is 1. The van der Waals surface area contributed by atoms with E-state index < -0.39 is 0 Å². The number of nitrogens with two attached hydrogens (primary N) is 1. The number of aromatic nitrogens is 1. The van der Waals surface area contributed by atoms with E-state index in [0.717, 1.165) is 40.7 Å². The molecule has 6 nitrogen and oxygen atoms in total. The molecule has 2 aliphatic rings. The van der Waals surface area contributed by atoms with Crippen molar-refractivity contribution in [2.75, 3.05) is 22.5 Å². The van der Waals surface area contributed by atoms with Gasteiger partial charge in [-0.2, -0.15) is 0 Å². The van der Waals surface area contributed by atoms with Crippen LogP contribution in [0.5, 0.6) is 5.75 Å². The lowest BCUT2D eigenvalue weighted by Gasteiger charge is -2.15. The Bertz CT molecular complexity index is 985. The van der Waals surface area contributed by atoms with Gasteiger partial charge in [-0.1, -0.05) is 18.2 Å². The maximum Gasteiger partial charge on any atom is 0.227 e. The number of nitrogen functional groups attached to an aromatic ring is 1. The molecule has 1 aromatic heterocycles. The van der Waals surface area contributed by atoms with Crippen LogP contribution < -0.4 is 20.7 Å². The van der Waals surface area contributed by atoms with Crippen LogP contribution in [-0.2, 0) is 4.79 Å². The van der Waals surface area contributed by atoms with Crippen LogP contribution in [0, 0.1) is 0 Å². The quantitative estimate of drug-likeness (QED) is 0.437. The van der Waals surface area contributed by atoms with Crippen molar-refractivity contribution >= 4 is 35.7 Å². The Morgan fingerprint density at radius 3 is 2.59 bits per heavy atom. The highest BCUT2D eigenvalue weighted by Crippen LogP contribution is 2.37. The van der Waals surface area contributed by atoms with E-state index in [1.165, 1.54) is 0 Å². The van der Waals surface area contributed by atoms with Crippen molar-refractivity contribution in [3.8, 4) is 5.75 Å². The Morgan fingerprint density at radius 2 is 1.90 bits per heavy atom. The van der Waals surface area contributed by atoms with Crippen molar-refractivity contribution in [2.45, 2.75) is 24.0 Å². The third kappa shape index (κ3) is 4.30. The molecule has 1 fully saturated rings. The fraction of sp³-hybridized carbons (Fsp3) is 0.182. The molecule has 3 heterocycles. The van der Waals surface area contributed by atoms with Gasteiger partial charge < -0.3 is 20.7 Å². The summed E-state index contributed by atoms with van der Waals surface area (Å²) in [6.07, 6.45) is 3.14. The van der Waals surface area contributed by atoms with Crippen LogP contribution >= 0.6 is 12.6 Å². The molecule has 1 amide bonds. The van der Waals surface area contributed by atoms with Crippen molar-refractivity contribution in [1.29, 1.82) is 0 Å². The number of rotatable bonds is 2. The highest BCUT2D eigenvalue weighted by atomic mass is 32.1. The molecular formula is C22H22N4O2S. The number of amides is 1. The van der Waals surface area contributed by atoms with Gasteiger partial charge in [0, 0.05) is 41.0 Å². The van der Waals surface area contributed by atoms with E-state index >= 15 is 0 Å². The Hall–Kier alpha value is -3.19. The first-order chi connectivity index (χ1) is 14.1. The summed E-state index contributed by atoms with van der Waals surface area (Å²) in [6.45, 7) is 0.852. The molecule has 1 atom stereocenters. The summed E-state index contributed by atoms with van der Waals surface area (Å²) >= 11 is 4.19. The average molecular weight is 407 g/mol. The van der Waals surface area contributed by atoms with Gasteiger partial charge in [-0.05, 0) is 48.9 Å². The van der Waals surface area contributed by atoms with Gasteiger partial charge in [0.1, 0.15) is 0 Å². The SMILES string of the molecule is Nc1ccccc1C1Nc2ncccc2O1.O=C1CCCN1c1ccc(S)cc1. The van der Waals surface area contributed by atoms with E-state index in [2.05, 4.69) is 22.9 Å². The molecule has 3 aromatic rings. The maximum atomic E-state index is 11.4. The Labute approximate surface area is 175 Å². The third-order valence-corrected chi connectivity index (χ3v) is 5.09. The minimum atomic E-state index is -0.244. The monoisotopic (exact) mass is 406 g/mol. The van der Waals surface area contributed by atoms with Gasteiger partial charge in [0.25, 0.3) is 0 Å². The number of nitrogens with one attached hydrogen (secondary N) is 1. The first-order valence-corrected chi connectivity index (χ1v) is 9.88. The molecule has 1 unspecified atom stereocenters. The maximum absolute atomic E-state index is 11.4. The van der Waals surface area contributed by atoms with E-state index in [1.54, 1.807) is 6.20 Å². The number of thiol groups is 1. The van der Waals surface area contributed by atoms with Crippen molar-refractivity contribution in [1.82, 2.24) is 4.98 Å². The number of carbonyl (C=O) groups is 1. The molecule has 3 N–H and O–H groups in total. The van der Waals surface area contributed by atoms with Crippen LogP contribution in [-0.4, -0.2) is 17.4 Å². The number of anilines is 3. The lowest BCUT2D eigenvalue weighted by molar-refractivity contribution is -0.117. The Balaban J connectivity index is 0.000000145. The number of ether oxygens (including phenoxy) is 1. The summed E-state index contributed by atoms with van der Waals surface area (Å²) in [5.41, 5.74) is 8.53. The molecule has 0 saturated carbocycles. The highest BCUT2D eigenvalue weighted by molar-refractivity contribution is 7.80. The molecule has 2 aliphatic heterocycles. The van der Waals surface area contributed by atoms with Gasteiger partial charge in [0.15, 0.2) is 17.8 Å². The van der Waals surface area contributed by atoms with E-state index in [9.17, 15) is 4.79 Å². The van der Waals surface area contributed by atoms with Gasteiger partial charge in [0.2, 0.25) is 5.91 Å². The van der Waals surface area contributed by atoms with Crippen molar-refractivity contribution in [2.24, 2.45) is 0 Å². The fourth-order valence-electron chi connectivity index (χ4n) is 3.32. The van der Waals surface area contributed by atoms with Crippen molar-refractivity contribution in [3.05, 3.63) is 72.4 Å². The molecule has 0 spiro atoms. The predicted octanol–water partition coefficient (Wildman–Crippen LogP) is 4.27. The van der Waals surface area contributed by atoms with Crippen LogP contribution in [0.25, 0.3) is 0 Å². The van der Waals surface area contributed by atoms with Crippen LogP contribution in [0.1, 0.15) is 24.6 Å². The Kier molecular flexibility index (Phi) is 5.57. The number of para-hydroxylation sites is 1. The summed E-state index contributed by atoms with van der Waals surface area (Å²) in [4.78, 5) is 18.3. The van der Waals surface area contributed by atoms with Crippen molar-refractivity contribution < 1.29 is 9.53 Å². The van der Waals surface area contributed by atoms with E-state index in [0.29, 0.717) is 12.1 Å². The van der Waals surface area contributed by atoms with Gasteiger partial charge in [0.05, 0.1) is 0 Å². The number of hydrogen-bond donors (Lipinski definition) is 3. The van der Waals surface area contributed by atoms with Crippen LogP contribution in [0.2, 0.25) is 0 Å². The fourth-order valence-corrected chi connectivity index (χ4v) is 3.47. The Morgan fingerprint density at radius 1 is 1.10 bits per heavy atom. The zero-order valence-electron chi connectivity index (χ0n) is 15.8. The van der Waals surface area contributed by atoms with Crippen LogP contribution in [0.3, 0.4) is 0 Å². The van der Waals surface area contributed by atoms with Crippen LogP contribution in [0.4, 0.5) is 17.2 Å². The largest absolute Gasteiger partial charge is 0.462 e. The molecule has 1 saturated heterocycles. The molecule has 0 aliphatic carbocycles. The molecule has 0 radical (unpaired) electrons. The third-order valence-electron chi connectivity index (χ3n) is 4.80. The summed E-state index contributed by atoms with van der Waals surface area (Å²) in [5, 5.41) is 3.18. The first kappa shape index (κ1) is 19.1. The lowest BCUT2D eigenvalue weighted by atomic mass is 10.1. The predicted molar refractivity (Wildman–Crippen MR) is 117 cm³/mol. The number of benzene rings is 2. The van der Waals surface area contributed by atoms with Gasteiger partial charge in [-0.3, -0.25) is 4.79 Å². The second kappa shape index (κ2) is 8.45. The molecule has 148 valence electrons. The molecule has 2 aromatic carbocycles. The smallest absolute Gasteiger partial charge is 0.227 e. The average Bonchev–Trinajstić information content (AvgIpc) is 3.35. The molecule has 29 heavy (non-hydrogen) atoms. The molecular weight excluding hydrogens is 384 g/mol. The zero-order chi connectivity index (χ0) is 20.2. The summed E-state index contributed by atoms with van der Waals surface area (Å²) in [6, 6.07) is 19.1. The van der Waals surface area contributed by atoms with Gasteiger partial charge in [-0.25, -0.2) is 4.98 Å².